The van der Waals surface area contributed by atoms with E-state index in [2.05, 4.69) is 22.1 Å². The minimum atomic E-state index is -2.85. The molecular weight excluding hydrogens is 378 g/mol. The van der Waals surface area contributed by atoms with Crippen molar-refractivity contribution in [1.29, 1.82) is 0 Å². The first-order valence-electron chi connectivity index (χ1n) is 10.4. The summed E-state index contributed by atoms with van der Waals surface area (Å²) in [6.45, 7) is -0.853. The summed E-state index contributed by atoms with van der Waals surface area (Å²) in [7, 11) is 0. The van der Waals surface area contributed by atoms with Crippen LogP contribution in [0.15, 0.2) is 29.4 Å². The molecule has 1 aromatic rings. The van der Waals surface area contributed by atoms with Gasteiger partial charge in [-0.1, -0.05) is 5.16 Å². The van der Waals surface area contributed by atoms with Crippen LogP contribution in [0.5, 0.6) is 5.75 Å². The van der Waals surface area contributed by atoms with Gasteiger partial charge in [0.25, 0.3) is 5.91 Å². The average Bonchev–Trinajstić information content (AvgIpc) is 2.65. The number of hydrogen-bond donors (Lipinski definition) is 1. The molecule has 4 aliphatic rings. The largest absolute Gasteiger partial charge is 0.435 e. The molecule has 158 valence electrons. The number of amides is 1. The quantitative estimate of drug-likeness (QED) is 0.515. The van der Waals surface area contributed by atoms with E-state index in [1.165, 1.54) is 56.9 Å². The molecule has 4 bridgehead atoms. The van der Waals surface area contributed by atoms with E-state index in [0.29, 0.717) is 5.56 Å². The van der Waals surface area contributed by atoms with Crippen LogP contribution in [0.3, 0.4) is 0 Å². The van der Waals surface area contributed by atoms with Gasteiger partial charge in [-0.2, -0.15) is 8.78 Å². The van der Waals surface area contributed by atoms with E-state index < -0.39 is 6.61 Å². The van der Waals surface area contributed by atoms with Crippen LogP contribution in [0.1, 0.15) is 51.0 Å². The van der Waals surface area contributed by atoms with Gasteiger partial charge in [0.15, 0.2) is 6.61 Å². The molecule has 29 heavy (non-hydrogen) atoms. The van der Waals surface area contributed by atoms with E-state index in [1.54, 1.807) is 12.1 Å². The van der Waals surface area contributed by atoms with E-state index in [4.69, 9.17) is 4.84 Å². The molecule has 0 unspecified atom stereocenters. The van der Waals surface area contributed by atoms with Gasteiger partial charge in [-0.15, -0.1) is 0 Å². The molecule has 0 saturated heterocycles. The first-order chi connectivity index (χ1) is 13.9. The van der Waals surface area contributed by atoms with E-state index in [9.17, 15) is 13.6 Å². The number of carbonyl (C=O) groups is 1. The second kappa shape index (κ2) is 8.28. The summed E-state index contributed by atoms with van der Waals surface area (Å²) in [4.78, 5) is 17.4. The summed E-state index contributed by atoms with van der Waals surface area (Å²) in [5.41, 5.74) is 0.921. The second-order valence-electron chi connectivity index (χ2n) is 9.02. The van der Waals surface area contributed by atoms with Gasteiger partial charge < -0.3 is 14.9 Å². The molecule has 1 atom stereocenters. The van der Waals surface area contributed by atoms with Gasteiger partial charge in [0.1, 0.15) is 5.75 Å². The Hall–Kier alpha value is -2.18. The van der Waals surface area contributed by atoms with E-state index in [1.807, 2.05) is 0 Å². The van der Waals surface area contributed by atoms with E-state index >= 15 is 0 Å². The minimum Gasteiger partial charge on any atom is -0.435 e. The molecule has 0 radical (unpaired) electrons. The molecular formula is C22H28F2N2O3. The lowest BCUT2D eigenvalue weighted by atomic mass is 9.48. The Kier molecular flexibility index (Phi) is 5.74. The Morgan fingerprint density at radius 2 is 1.76 bits per heavy atom. The Morgan fingerprint density at radius 3 is 2.31 bits per heavy atom. The fourth-order valence-corrected chi connectivity index (χ4v) is 6.07. The van der Waals surface area contributed by atoms with E-state index in [0.717, 1.165) is 17.8 Å². The number of nitrogens with one attached hydrogen (secondary N) is 1. The van der Waals surface area contributed by atoms with Crippen LogP contribution < -0.4 is 10.1 Å². The van der Waals surface area contributed by atoms with Crippen LogP contribution in [-0.4, -0.2) is 31.4 Å². The standard InChI is InChI=1S/C22H28F2N2O3/c1-14(22-9-16-6-17(10-22)8-18(7-16)11-22)26-20(27)13-28-25-12-15-2-4-19(5-3-15)29-21(23)24/h2-5,12,14,16-18,21H,6-11,13H2,1H3,(H,26,27)/b25-12-/t14-,16?,17?,18?,22?/m0/s1. The third-order valence-electron chi connectivity index (χ3n) is 6.96. The molecule has 4 saturated carbocycles. The van der Waals surface area contributed by atoms with Crippen molar-refractivity contribution in [2.45, 2.75) is 58.1 Å². The van der Waals surface area contributed by atoms with Crippen molar-refractivity contribution in [1.82, 2.24) is 5.32 Å². The molecule has 0 aromatic heterocycles. The second-order valence-corrected chi connectivity index (χ2v) is 9.02. The third kappa shape index (κ3) is 4.70. The molecule has 0 spiro atoms. The summed E-state index contributed by atoms with van der Waals surface area (Å²) < 4.78 is 28.6. The Balaban J connectivity index is 1.22. The monoisotopic (exact) mass is 406 g/mol. The topological polar surface area (TPSA) is 59.9 Å². The van der Waals surface area contributed by atoms with Gasteiger partial charge in [-0.3, -0.25) is 4.79 Å². The Morgan fingerprint density at radius 1 is 1.17 bits per heavy atom. The zero-order valence-electron chi connectivity index (χ0n) is 16.7. The van der Waals surface area contributed by atoms with Gasteiger partial charge in [0.2, 0.25) is 0 Å². The number of halogens is 2. The maximum absolute atomic E-state index is 12.3. The van der Waals surface area contributed by atoms with Crippen molar-refractivity contribution < 1.29 is 23.1 Å². The lowest BCUT2D eigenvalue weighted by Crippen LogP contribution is -2.56. The fourth-order valence-electron chi connectivity index (χ4n) is 6.07. The van der Waals surface area contributed by atoms with Crippen LogP contribution in [-0.2, 0) is 9.63 Å². The predicted molar refractivity (Wildman–Crippen MR) is 105 cm³/mol. The van der Waals surface area contributed by atoms with Crippen molar-refractivity contribution in [3.05, 3.63) is 29.8 Å². The summed E-state index contributed by atoms with van der Waals surface area (Å²) in [5, 5.41) is 6.93. The van der Waals surface area contributed by atoms with Gasteiger partial charge in [0, 0.05) is 6.04 Å². The van der Waals surface area contributed by atoms with Gasteiger partial charge in [-0.25, -0.2) is 0 Å². The van der Waals surface area contributed by atoms with Crippen LogP contribution in [0.4, 0.5) is 8.78 Å². The molecule has 1 N–H and O–H groups in total. The van der Waals surface area contributed by atoms with Crippen LogP contribution in [0.2, 0.25) is 0 Å². The highest BCUT2D eigenvalue weighted by Crippen LogP contribution is 2.61. The fraction of sp³-hybridized carbons (Fsp3) is 0.636. The number of carbonyl (C=O) groups excluding carboxylic acids is 1. The van der Waals surface area contributed by atoms with Crippen molar-refractivity contribution in [2.75, 3.05) is 6.61 Å². The van der Waals surface area contributed by atoms with Crippen molar-refractivity contribution in [2.24, 2.45) is 28.3 Å². The third-order valence-corrected chi connectivity index (χ3v) is 6.96. The molecule has 1 aromatic carbocycles. The smallest absolute Gasteiger partial charge is 0.387 e. The summed E-state index contributed by atoms with van der Waals surface area (Å²) in [6.07, 6.45) is 9.30. The number of nitrogens with zero attached hydrogens (tertiary/aromatic N) is 1. The molecule has 0 heterocycles. The number of hydrogen-bond acceptors (Lipinski definition) is 4. The first-order valence-corrected chi connectivity index (χ1v) is 10.4. The van der Waals surface area contributed by atoms with Crippen LogP contribution in [0, 0.1) is 23.2 Å². The van der Waals surface area contributed by atoms with Crippen LogP contribution >= 0.6 is 0 Å². The van der Waals surface area contributed by atoms with Crippen LogP contribution in [0.25, 0.3) is 0 Å². The van der Waals surface area contributed by atoms with Crippen molar-refractivity contribution in [3.63, 3.8) is 0 Å². The first kappa shape index (κ1) is 20.1. The highest BCUT2D eigenvalue weighted by Gasteiger charge is 2.53. The SMILES string of the molecule is C[C@H](NC(=O)CO/N=C\c1ccc(OC(F)F)cc1)C12CC3CC(CC(C3)C1)C2. The lowest BCUT2D eigenvalue weighted by molar-refractivity contribution is -0.130. The highest BCUT2D eigenvalue weighted by atomic mass is 19.3. The number of rotatable bonds is 8. The summed E-state index contributed by atoms with van der Waals surface area (Å²) >= 11 is 0. The molecule has 5 nitrogen and oxygen atoms in total. The molecule has 0 aliphatic heterocycles. The summed E-state index contributed by atoms with van der Waals surface area (Å²) in [5.74, 6) is 2.46. The van der Waals surface area contributed by atoms with Crippen molar-refractivity contribution in [3.8, 4) is 5.75 Å². The zero-order valence-corrected chi connectivity index (χ0v) is 16.7. The lowest BCUT2D eigenvalue weighted by Gasteiger charge is -2.59. The Labute approximate surface area is 169 Å². The summed E-state index contributed by atoms with van der Waals surface area (Å²) in [6, 6.07) is 6.17. The number of ether oxygens (including phenoxy) is 1. The van der Waals surface area contributed by atoms with Gasteiger partial charge in [0.05, 0.1) is 6.21 Å². The highest BCUT2D eigenvalue weighted by molar-refractivity contribution is 5.80. The number of oxime groups is 1. The van der Waals surface area contributed by atoms with Gasteiger partial charge >= 0.3 is 6.61 Å². The maximum Gasteiger partial charge on any atom is 0.387 e. The number of alkyl halides is 2. The molecule has 5 rings (SSSR count). The van der Waals surface area contributed by atoms with Crippen molar-refractivity contribution >= 4 is 12.1 Å². The molecule has 7 heteroatoms. The van der Waals surface area contributed by atoms with E-state index in [-0.39, 0.29) is 29.7 Å². The molecule has 4 aliphatic carbocycles. The minimum absolute atomic E-state index is 0.0797. The zero-order chi connectivity index (χ0) is 20.4. The predicted octanol–water partition coefficient (Wildman–Crippen LogP) is 4.36. The normalized spacial score (nSPS) is 31.2. The average molecular weight is 406 g/mol. The Bertz CT molecular complexity index is 716. The number of benzene rings is 1. The molecule has 1 amide bonds. The maximum atomic E-state index is 12.3. The molecule has 4 fully saturated rings. The van der Waals surface area contributed by atoms with Gasteiger partial charge in [-0.05, 0) is 98.4 Å².